The Morgan fingerprint density at radius 1 is 1.50 bits per heavy atom. The number of urea groups is 1. The van der Waals surface area contributed by atoms with E-state index in [9.17, 15) is 9.59 Å². The lowest BCUT2D eigenvalue weighted by Crippen LogP contribution is -2.49. The smallest absolute Gasteiger partial charge is 0.328 e. The molecule has 1 atom stereocenters. The molecule has 1 aromatic rings. The number of nitrogens with zero attached hydrogens (tertiary/aromatic N) is 2. The fourth-order valence-electron chi connectivity index (χ4n) is 1.66. The van der Waals surface area contributed by atoms with Gasteiger partial charge in [0.2, 0.25) is 0 Å². The van der Waals surface area contributed by atoms with Crippen LogP contribution >= 0.6 is 11.3 Å². The van der Waals surface area contributed by atoms with Crippen molar-refractivity contribution in [3.8, 4) is 0 Å². The summed E-state index contributed by atoms with van der Waals surface area (Å²) in [7, 11) is 2.98. The lowest BCUT2D eigenvalue weighted by molar-refractivity contribution is -0.144. The topological polar surface area (TPSA) is 71.5 Å². The van der Waals surface area contributed by atoms with Crippen molar-refractivity contribution in [2.75, 3.05) is 14.2 Å². The molecule has 0 saturated heterocycles. The van der Waals surface area contributed by atoms with Crippen LogP contribution in [0.3, 0.4) is 0 Å². The van der Waals surface area contributed by atoms with Crippen molar-refractivity contribution in [3.63, 3.8) is 0 Å². The molecule has 6 nitrogen and oxygen atoms in total. The summed E-state index contributed by atoms with van der Waals surface area (Å²) in [6, 6.07) is -0.966. The van der Waals surface area contributed by atoms with Crippen molar-refractivity contribution in [2.45, 2.75) is 33.4 Å². The summed E-state index contributed by atoms with van der Waals surface area (Å²) in [6.45, 7) is 6.03. The van der Waals surface area contributed by atoms with Crippen molar-refractivity contribution >= 4 is 23.3 Å². The van der Waals surface area contributed by atoms with Gasteiger partial charge in [-0.1, -0.05) is 13.8 Å². The highest BCUT2D eigenvalue weighted by Gasteiger charge is 2.26. The Hall–Kier alpha value is -1.63. The monoisotopic (exact) mass is 299 g/mol. The summed E-state index contributed by atoms with van der Waals surface area (Å²) < 4.78 is 4.69. The number of ether oxygens (including phenoxy) is 1. The number of rotatable bonds is 5. The van der Waals surface area contributed by atoms with Crippen LogP contribution in [0, 0.1) is 12.8 Å². The summed E-state index contributed by atoms with van der Waals surface area (Å²) in [5, 5.41) is 5.56. The molecule has 1 aromatic heterocycles. The average molecular weight is 299 g/mol. The van der Waals surface area contributed by atoms with Crippen molar-refractivity contribution in [2.24, 2.45) is 5.92 Å². The molecule has 0 aliphatic heterocycles. The third kappa shape index (κ3) is 4.48. The van der Waals surface area contributed by atoms with Gasteiger partial charge in [0.05, 0.1) is 24.4 Å². The first-order valence-electron chi connectivity index (χ1n) is 6.35. The molecule has 0 spiro atoms. The number of methoxy groups -OCH3 is 1. The molecule has 0 saturated carbocycles. The van der Waals surface area contributed by atoms with Crippen LogP contribution in [-0.2, 0) is 16.1 Å². The zero-order chi connectivity index (χ0) is 15.3. The summed E-state index contributed by atoms with van der Waals surface area (Å²) in [5.74, 6) is -0.479. The second kappa shape index (κ2) is 7.23. The first kappa shape index (κ1) is 16.4. The molecule has 1 heterocycles. The SMILES string of the molecule is COC(=O)[C@@H](NC(=O)N(C)Cc1csc(C)n1)C(C)C. The summed E-state index contributed by atoms with van der Waals surface area (Å²) in [4.78, 5) is 29.5. The highest BCUT2D eigenvalue weighted by atomic mass is 32.1. The Labute approximate surface area is 123 Å². The van der Waals surface area contributed by atoms with E-state index < -0.39 is 12.0 Å². The number of aromatic nitrogens is 1. The second-order valence-electron chi connectivity index (χ2n) is 4.91. The van der Waals surface area contributed by atoms with Gasteiger partial charge in [-0.25, -0.2) is 14.6 Å². The van der Waals surface area contributed by atoms with Crippen LogP contribution in [0.1, 0.15) is 24.5 Å². The van der Waals surface area contributed by atoms with E-state index in [1.165, 1.54) is 12.0 Å². The number of amides is 2. The van der Waals surface area contributed by atoms with E-state index in [1.54, 1.807) is 18.4 Å². The van der Waals surface area contributed by atoms with Gasteiger partial charge in [-0.3, -0.25) is 0 Å². The third-order valence-electron chi connectivity index (χ3n) is 2.81. The maximum Gasteiger partial charge on any atom is 0.328 e. The fraction of sp³-hybridized carbons (Fsp3) is 0.615. The average Bonchev–Trinajstić information content (AvgIpc) is 2.79. The Balaban J connectivity index is 2.61. The first-order valence-corrected chi connectivity index (χ1v) is 7.23. The van der Waals surface area contributed by atoms with Gasteiger partial charge in [0.1, 0.15) is 6.04 Å². The number of aryl methyl sites for hydroxylation is 1. The van der Waals surface area contributed by atoms with E-state index in [1.807, 2.05) is 26.2 Å². The van der Waals surface area contributed by atoms with Gasteiger partial charge in [-0.15, -0.1) is 11.3 Å². The molecule has 0 bridgehead atoms. The van der Waals surface area contributed by atoms with E-state index >= 15 is 0 Å². The highest BCUT2D eigenvalue weighted by molar-refractivity contribution is 7.09. The molecule has 7 heteroatoms. The molecular formula is C13H21N3O3S. The standard InChI is InChI=1S/C13H21N3O3S/c1-8(2)11(12(17)19-5)15-13(18)16(4)6-10-7-20-9(3)14-10/h7-8,11H,6H2,1-5H3,(H,15,18)/t11-/m0/s1. The number of thiazole rings is 1. The van der Waals surface area contributed by atoms with Crippen LogP contribution in [0.15, 0.2) is 5.38 Å². The van der Waals surface area contributed by atoms with Gasteiger partial charge in [0.15, 0.2) is 0 Å². The van der Waals surface area contributed by atoms with Crippen LogP contribution in [0.25, 0.3) is 0 Å². The van der Waals surface area contributed by atoms with Gasteiger partial charge in [-0.2, -0.15) is 0 Å². The molecule has 112 valence electrons. The second-order valence-corrected chi connectivity index (χ2v) is 5.97. The number of esters is 1. The van der Waals surface area contributed by atoms with Gasteiger partial charge in [-0.05, 0) is 12.8 Å². The molecular weight excluding hydrogens is 278 g/mol. The van der Waals surface area contributed by atoms with Crippen LogP contribution in [0.4, 0.5) is 4.79 Å². The largest absolute Gasteiger partial charge is 0.467 e. The summed E-state index contributed by atoms with van der Waals surface area (Å²) in [6.07, 6.45) is 0. The van der Waals surface area contributed by atoms with Gasteiger partial charge in [0.25, 0.3) is 0 Å². The maximum absolute atomic E-state index is 12.1. The van der Waals surface area contributed by atoms with E-state index in [2.05, 4.69) is 10.3 Å². The number of carbonyl (C=O) groups is 2. The van der Waals surface area contributed by atoms with Crippen molar-refractivity contribution in [1.82, 2.24) is 15.2 Å². The normalized spacial score (nSPS) is 12.1. The number of carbonyl (C=O) groups excluding carboxylic acids is 2. The van der Waals surface area contributed by atoms with E-state index in [0.717, 1.165) is 10.7 Å². The molecule has 0 fully saturated rings. The Morgan fingerprint density at radius 2 is 2.15 bits per heavy atom. The van der Waals surface area contributed by atoms with Crippen molar-refractivity contribution in [3.05, 3.63) is 16.1 Å². The molecule has 0 aliphatic rings. The molecule has 0 aliphatic carbocycles. The fourth-order valence-corrected chi connectivity index (χ4v) is 2.27. The molecule has 0 unspecified atom stereocenters. The zero-order valence-corrected chi connectivity index (χ0v) is 13.3. The predicted molar refractivity (Wildman–Crippen MR) is 77.5 cm³/mol. The lowest BCUT2D eigenvalue weighted by Gasteiger charge is -2.23. The highest BCUT2D eigenvalue weighted by Crippen LogP contribution is 2.10. The molecule has 1 N–H and O–H groups in total. The minimum absolute atomic E-state index is 0.0404. The van der Waals surface area contributed by atoms with Gasteiger partial charge in [0, 0.05) is 12.4 Å². The van der Waals surface area contributed by atoms with Gasteiger partial charge >= 0.3 is 12.0 Å². The predicted octanol–water partition coefficient (Wildman–Crippen LogP) is 1.79. The Morgan fingerprint density at radius 3 is 2.60 bits per heavy atom. The molecule has 0 radical (unpaired) electrons. The number of nitrogens with one attached hydrogen (secondary N) is 1. The number of hydrogen-bond donors (Lipinski definition) is 1. The zero-order valence-electron chi connectivity index (χ0n) is 12.5. The molecule has 1 rings (SSSR count). The van der Waals surface area contributed by atoms with Gasteiger partial charge < -0.3 is 15.0 Å². The van der Waals surface area contributed by atoms with Crippen LogP contribution in [0.5, 0.6) is 0 Å². The Kier molecular flexibility index (Phi) is 5.94. The minimum atomic E-state index is -0.646. The van der Waals surface area contributed by atoms with Crippen molar-refractivity contribution in [1.29, 1.82) is 0 Å². The van der Waals surface area contributed by atoms with E-state index in [0.29, 0.717) is 6.54 Å². The molecule has 0 aromatic carbocycles. The minimum Gasteiger partial charge on any atom is -0.467 e. The summed E-state index contributed by atoms with van der Waals surface area (Å²) >= 11 is 1.54. The lowest BCUT2D eigenvalue weighted by atomic mass is 10.1. The maximum atomic E-state index is 12.1. The van der Waals surface area contributed by atoms with Crippen LogP contribution < -0.4 is 5.32 Å². The van der Waals surface area contributed by atoms with Crippen LogP contribution in [-0.4, -0.2) is 42.1 Å². The first-order chi connectivity index (χ1) is 9.35. The quantitative estimate of drug-likeness (QED) is 0.841. The Bertz CT molecular complexity index is 473. The third-order valence-corrected chi connectivity index (χ3v) is 3.64. The van der Waals surface area contributed by atoms with Crippen molar-refractivity contribution < 1.29 is 14.3 Å². The van der Waals surface area contributed by atoms with E-state index in [4.69, 9.17) is 4.74 Å². The van der Waals surface area contributed by atoms with E-state index in [-0.39, 0.29) is 11.9 Å². The van der Waals surface area contributed by atoms with Crippen LogP contribution in [0.2, 0.25) is 0 Å². The summed E-state index contributed by atoms with van der Waals surface area (Å²) in [5.41, 5.74) is 0.837. The molecule has 2 amide bonds. The number of hydrogen-bond acceptors (Lipinski definition) is 5. The molecule has 20 heavy (non-hydrogen) atoms.